The number of aromatic nitrogens is 2. The van der Waals surface area contributed by atoms with Crippen molar-refractivity contribution >= 4 is 39.1 Å². The average molecular weight is 438 g/mol. The number of carbonyl (C=O) groups is 1. The van der Waals surface area contributed by atoms with E-state index in [-0.39, 0.29) is 12.1 Å². The summed E-state index contributed by atoms with van der Waals surface area (Å²) in [5, 5.41) is 4.51. The Morgan fingerprint density at radius 2 is 2.17 bits per heavy atom. The summed E-state index contributed by atoms with van der Waals surface area (Å²) in [5.74, 6) is 3.21. The molecule has 2 aromatic carbocycles. The SMILES string of the molecule is C#CCn1c(=NC(=O)c2c(-c3ccccc3Cl)noc2C)sc2cc(OC)ccc21. The van der Waals surface area contributed by atoms with E-state index in [0.29, 0.717) is 32.6 Å². The molecule has 0 saturated heterocycles. The van der Waals surface area contributed by atoms with E-state index in [1.54, 1.807) is 32.2 Å². The molecule has 30 heavy (non-hydrogen) atoms. The van der Waals surface area contributed by atoms with Gasteiger partial charge >= 0.3 is 0 Å². The first kappa shape index (κ1) is 20.0. The first-order valence-electron chi connectivity index (χ1n) is 8.94. The maximum atomic E-state index is 13.2. The molecule has 2 aromatic heterocycles. The summed E-state index contributed by atoms with van der Waals surface area (Å²) in [5.41, 5.74) is 2.11. The molecule has 0 bridgehead atoms. The van der Waals surface area contributed by atoms with Crippen LogP contribution in [0.15, 0.2) is 52.0 Å². The fraction of sp³-hybridized carbons (Fsp3) is 0.136. The number of amides is 1. The highest BCUT2D eigenvalue weighted by Crippen LogP contribution is 2.31. The minimum atomic E-state index is -0.479. The van der Waals surface area contributed by atoms with E-state index in [2.05, 4.69) is 16.1 Å². The van der Waals surface area contributed by atoms with Crippen molar-refractivity contribution in [1.29, 1.82) is 0 Å². The predicted octanol–water partition coefficient (Wildman–Crippen LogP) is 4.70. The van der Waals surface area contributed by atoms with Crippen molar-refractivity contribution < 1.29 is 14.1 Å². The van der Waals surface area contributed by atoms with Crippen molar-refractivity contribution in [1.82, 2.24) is 9.72 Å². The summed E-state index contributed by atoms with van der Waals surface area (Å²) in [6.07, 6.45) is 5.54. The van der Waals surface area contributed by atoms with E-state index in [9.17, 15) is 4.79 Å². The lowest BCUT2D eigenvalue weighted by molar-refractivity contribution is 0.0997. The van der Waals surface area contributed by atoms with E-state index >= 15 is 0 Å². The smallest absolute Gasteiger partial charge is 0.285 e. The van der Waals surface area contributed by atoms with Crippen LogP contribution in [0.1, 0.15) is 16.1 Å². The second-order valence-corrected chi connectivity index (χ2v) is 7.78. The minimum Gasteiger partial charge on any atom is -0.497 e. The number of aryl methyl sites for hydroxylation is 1. The quantitative estimate of drug-likeness (QED) is 0.434. The molecule has 8 heteroatoms. The monoisotopic (exact) mass is 437 g/mol. The Kier molecular flexibility index (Phi) is 5.44. The lowest BCUT2D eigenvalue weighted by atomic mass is 10.1. The van der Waals surface area contributed by atoms with Gasteiger partial charge in [-0.2, -0.15) is 4.99 Å². The standard InChI is InChI=1S/C22H16ClN3O3S/c1-4-11-26-17-10-9-14(28-3)12-18(17)30-22(26)24-21(27)19-13(2)29-25-20(19)15-7-5-6-8-16(15)23/h1,5-10,12H,11H2,2-3H3. The molecule has 4 aromatic rings. The minimum absolute atomic E-state index is 0.269. The van der Waals surface area contributed by atoms with Crippen molar-refractivity contribution in [3.8, 4) is 29.4 Å². The molecule has 0 radical (unpaired) electrons. The molecule has 2 heterocycles. The lowest BCUT2D eigenvalue weighted by Crippen LogP contribution is -2.16. The van der Waals surface area contributed by atoms with Gasteiger partial charge in [0, 0.05) is 5.56 Å². The number of terminal acetylenes is 1. The molecule has 1 amide bonds. The molecule has 0 spiro atoms. The number of fused-ring (bicyclic) bond motifs is 1. The number of benzene rings is 2. The highest BCUT2D eigenvalue weighted by Gasteiger charge is 2.23. The zero-order valence-electron chi connectivity index (χ0n) is 16.2. The molecular formula is C22H16ClN3O3S. The Labute approximate surface area is 181 Å². The third-order valence-electron chi connectivity index (χ3n) is 4.54. The van der Waals surface area contributed by atoms with Crippen LogP contribution >= 0.6 is 22.9 Å². The fourth-order valence-corrected chi connectivity index (χ4v) is 4.40. The molecule has 0 fully saturated rings. The van der Waals surface area contributed by atoms with Gasteiger partial charge < -0.3 is 13.8 Å². The zero-order valence-corrected chi connectivity index (χ0v) is 17.8. The average Bonchev–Trinajstić information content (AvgIpc) is 3.28. The summed E-state index contributed by atoms with van der Waals surface area (Å²) >= 11 is 7.65. The zero-order chi connectivity index (χ0) is 21.3. The van der Waals surface area contributed by atoms with Crippen LogP contribution in [0.3, 0.4) is 0 Å². The van der Waals surface area contributed by atoms with Crippen LogP contribution in [0.25, 0.3) is 21.5 Å². The number of thiazole rings is 1. The first-order valence-corrected chi connectivity index (χ1v) is 10.1. The van der Waals surface area contributed by atoms with Gasteiger partial charge in [0.15, 0.2) is 4.80 Å². The molecule has 0 aliphatic heterocycles. The van der Waals surface area contributed by atoms with Gasteiger partial charge in [-0.15, -0.1) is 6.42 Å². The molecular weight excluding hydrogens is 422 g/mol. The number of ether oxygens (including phenoxy) is 1. The van der Waals surface area contributed by atoms with Gasteiger partial charge in [-0.05, 0) is 31.2 Å². The Morgan fingerprint density at radius 3 is 2.90 bits per heavy atom. The third-order valence-corrected chi connectivity index (χ3v) is 5.91. The third kappa shape index (κ3) is 3.52. The van der Waals surface area contributed by atoms with Crippen molar-refractivity contribution in [2.75, 3.05) is 7.11 Å². The van der Waals surface area contributed by atoms with Gasteiger partial charge in [-0.1, -0.05) is 52.2 Å². The van der Waals surface area contributed by atoms with Crippen molar-refractivity contribution in [3.63, 3.8) is 0 Å². The van der Waals surface area contributed by atoms with Crippen molar-refractivity contribution in [3.05, 3.63) is 63.6 Å². The molecule has 0 N–H and O–H groups in total. The van der Waals surface area contributed by atoms with Crippen LogP contribution in [0.5, 0.6) is 5.75 Å². The topological polar surface area (TPSA) is 69.6 Å². The molecule has 0 saturated carbocycles. The Morgan fingerprint density at radius 1 is 1.37 bits per heavy atom. The maximum absolute atomic E-state index is 13.2. The number of halogens is 1. The number of methoxy groups -OCH3 is 1. The Balaban J connectivity index is 1.88. The molecule has 6 nitrogen and oxygen atoms in total. The molecule has 150 valence electrons. The van der Waals surface area contributed by atoms with E-state index in [1.165, 1.54) is 11.3 Å². The predicted molar refractivity (Wildman–Crippen MR) is 117 cm³/mol. The van der Waals surface area contributed by atoms with E-state index in [4.69, 9.17) is 27.3 Å². The second-order valence-electron chi connectivity index (χ2n) is 6.37. The van der Waals surface area contributed by atoms with Crippen LogP contribution in [0.4, 0.5) is 0 Å². The highest BCUT2D eigenvalue weighted by atomic mass is 35.5. The van der Waals surface area contributed by atoms with Gasteiger partial charge in [-0.3, -0.25) is 4.79 Å². The second kappa shape index (κ2) is 8.19. The van der Waals surface area contributed by atoms with Gasteiger partial charge in [0.25, 0.3) is 5.91 Å². The number of nitrogens with zero attached hydrogens (tertiary/aromatic N) is 3. The van der Waals surface area contributed by atoms with Crippen LogP contribution in [-0.4, -0.2) is 22.7 Å². The summed E-state index contributed by atoms with van der Waals surface area (Å²) < 4.78 is 13.3. The Bertz CT molecular complexity index is 1370. The fourth-order valence-electron chi connectivity index (χ4n) is 3.11. The van der Waals surface area contributed by atoms with Gasteiger partial charge in [0.1, 0.15) is 22.8 Å². The van der Waals surface area contributed by atoms with E-state index < -0.39 is 5.91 Å². The van der Waals surface area contributed by atoms with Crippen LogP contribution in [0, 0.1) is 19.3 Å². The first-order chi connectivity index (χ1) is 14.5. The summed E-state index contributed by atoms with van der Waals surface area (Å²) in [6, 6.07) is 12.7. The molecule has 4 rings (SSSR count). The number of hydrogen-bond acceptors (Lipinski definition) is 5. The van der Waals surface area contributed by atoms with E-state index in [0.717, 1.165) is 10.2 Å². The van der Waals surface area contributed by atoms with Gasteiger partial charge in [0.2, 0.25) is 0 Å². The van der Waals surface area contributed by atoms with Crippen LogP contribution in [-0.2, 0) is 6.54 Å². The summed E-state index contributed by atoms with van der Waals surface area (Å²) in [6.45, 7) is 1.94. The number of carbonyl (C=O) groups excluding carboxylic acids is 1. The van der Waals surface area contributed by atoms with Crippen molar-refractivity contribution in [2.45, 2.75) is 13.5 Å². The largest absolute Gasteiger partial charge is 0.497 e. The lowest BCUT2D eigenvalue weighted by Gasteiger charge is -2.02. The van der Waals surface area contributed by atoms with Gasteiger partial charge in [-0.25, -0.2) is 0 Å². The molecule has 0 unspecified atom stereocenters. The summed E-state index contributed by atoms with van der Waals surface area (Å²) in [7, 11) is 1.60. The normalized spacial score (nSPS) is 11.6. The van der Waals surface area contributed by atoms with Crippen LogP contribution in [0.2, 0.25) is 5.02 Å². The molecule has 0 atom stereocenters. The van der Waals surface area contributed by atoms with Crippen molar-refractivity contribution in [2.24, 2.45) is 4.99 Å². The summed E-state index contributed by atoms with van der Waals surface area (Å²) in [4.78, 5) is 18.0. The Hall–Kier alpha value is -3.34. The highest BCUT2D eigenvalue weighted by molar-refractivity contribution is 7.16. The molecule has 0 aliphatic carbocycles. The molecule has 0 aliphatic rings. The number of rotatable bonds is 4. The maximum Gasteiger partial charge on any atom is 0.285 e. The number of hydrogen-bond donors (Lipinski definition) is 0. The van der Waals surface area contributed by atoms with Gasteiger partial charge in [0.05, 0.1) is 28.9 Å². The van der Waals surface area contributed by atoms with E-state index in [1.807, 2.05) is 28.8 Å². The van der Waals surface area contributed by atoms with Crippen LogP contribution < -0.4 is 9.54 Å².